The van der Waals surface area contributed by atoms with Crippen LogP contribution in [-0.2, 0) is 15.8 Å². The Labute approximate surface area is 151 Å². The average Bonchev–Trinajstić information content (AvgIpc) is 2.59. The van der Waals surface area contributed by atoms with E-state index < -0.39 is 29.5 Å². The second-order valence-electron chi connectivity index (χ2n) is 5.27. The van der Waals surface area contributed by atoms with Gasteiger partial charge in [-0.1, -0.05) is 12.1 Å². The standard InChI is InChI=1S/C18H13F3N2O4/c19-18(20,21)12-4-2-6-14(10-12)23-17(27)11-3-1-5-13(9-11)22-15(24)7-8-16(25)26/h1-10H,(H,22,24)(H,23,27)(H,25,26)/b8-7+. The molecule has 2 aromatic carbocycles. The van der Waals surface area contributed by atoms with Gasteiger partial charge in [-0.3, -0.25) is 9.59 Å². The Balaban J connectivity index is 2.11. The van der Waals surface area contributed by atoms with Crippen LogP contribution in [0.4, 0.5) is 24.5 Å². The summed E-state index contributed by atoms with van der Waals surface area (Å²) in [5.41, 5.74) is -0.626. The Morgan fingerprint density at radius 2 is 1.52 bits per heavy atom. The van der Waals surface area contributed by atoms with Crippen molar-refractivity contribution in [1.82, 2.24) is 0 Å². The number of anilines is 2. The summed E-state index contributed by atoms with van der Waals surface area (Å²) in [6.45, 7) is 0. The average molecular weight is 378 g/mol. The first kappa shape index (κ1) is 19.7. The fourth-order valence-electron chi connectivity index (χ4n) is 2.05. The molecule has 2 amide bonds. The number of halogens is 3. The highest BCUT2D eigenvalue weighted by molar-refractivity contribution is 6.06. The number of hydrogen-bond donors (Lipinski definition) is 3. The molecule has 0 bridgehead atoms. The molecule has 0 fully saturated rings. The summed E-state index contributed by atoms with van der Waals surface area (Å²) in [7, 11) is 0. The van der Waals surface area contributed by atoms with E-state index in [2.05, 4.69) is 10.6 Å². The Morgan fingerprint density at radius 3 is 2.15 bits per heavy atom. The minimum atomic E-state index is -4.53. The molecule has 0 aliphatic rings. The number of aliphatic carboxylic acids is 1. The molecule has 0 radical (unpaired) electrons. The molecule has 0 atom stereocenters. The Kier molecular flexibility index (Phi) is 5.96. The van der Waals surface area contributed by atoms with Gasteiger partial charge in [0.2, 0.25) is 5.91 Å². The van der Waals surface area contributed by atoms with E-state index in [0.29, 0.717) is 6.08 Å². The van der Waals surface area contributed by atoms with Gasteiger partial charge in [0.1, 0.15) is 0 Å². The maximum absolute atomic E-state index is 12.7. The van der Waals surface area contributed by atoms with E-state index in [1.807, 2.05) is 0 Å². The third-order valence-corrected chi connectivity index (χ3v) is 3.22. The number of benzene rings is 2. The zero-order valence-corrected chi connectivity index (χ0v) is 13.6. The van der Waals surface area contributed by atoms with Crippen LogP contribution in [0.15, 0.2) is 60.7 Å². The first-order valence-corrected chi connectivity index (χ1v) is 7.46. The number of hydrogen-bond acceptors (Lipinski definition) is 3. The number of nitrogens with one attached hydrogen (secondary N) is 2. The first-order valence-electron chi connectivity index (χ1n) is 7.46. The number of carbonyl (C=O) groups excluding carboxylic acids is 2. The van der Waals surface area contributed by atoms with Gasteiger partial charge in [-0.2, -0.15) is 13.2 Å². The molecule has 140 valence electrons. The molecule has 3 N–H and O–H groups in total. The topological polar surface area (TPSA) is 95.5 Å². The third-order valence-electron chi connectivity index (χ3n) is 3.22. The van der Waals surface area contributed by atoms with Gasteiger partial charge in [0.05, 0.1) is 5.56 Å². The lowest BCUT2D eigenvalue weighted by molar-refractivity contribution is -0.137. The molecule has 0 spiro atoms. The number of carbonyl (C=O) groups is 3. The molecule has 0 aliphatic heterocycles. The van der Waals surface area contributed by atoms with Gasteiger partial charge in [-0.05, 0) is 36.4 Å². The number of alkyl halides is 3. The monoisotopic (exact) mass is 378 g/mol. The zero-order chi connectivity index (χ0) is 20.0. The minimum Gasteiger partial charge on any atom is -0.478 e. The number of rotatable bonds is 5. The van der Waals surface area contributed by atoms with Crippen LogP contribution >= 0.6 is 0 Å². The van der Waals surface area contributed by atoms with Crippen molar-refractivity contribution in [3.05, 3.63) is 71.8 Å². The molecular formula is C18H13F3N2O4. The van der Waals surface area contributed by atoms with Gasteiger partial charge in [0, 0.05) is 29.1 Å². The van der Waals surface area contributed by atoms with Gasteiger partial charge < -0.3 is 15.7 Å². The molecule has 0 saturated carbocycles. The van der Waals surface area contributed by atoms with E-state index in [-0.39, 0.29) is 16.9 Å². The van der Waals surface area contributed by atoms with Crippen LogP contribution in [0.2, 0.25) is 0 Å². The molecule has 0 aliphatic carbocycles. The molecule has 0 heterocycles. The van der Waals surface area contributed by atoms with Crippen molar-refractivity contribution in [1.29, 1.82) is 0 Å². The van der Waals surface area contributed by atoms with Crippen molar-refractivity contribution in [2.24, 2.45) is 0 Å². The highest BCUT2D eigenvalue weighted by Crippen LogP contribution is 2.30. The van der Waals surface area contributed by atoms with Crippen LogP contribution in [0.1, 0.15) is 15.9 Å². The molecule has 27 heavy (non-hydrogen) atoms. The second kappa shape index (κ2) is 8.17. The molecule has 2 aromatic rings. The SMILES string of the molecule is O=C(O)/C=C/C(=O)Nc1cccc(C(=O)Nc2cccc(C(F)(F)F)c2)c1. The van der Waals surface area contributed by atoms with Crippen molar-refractivity contribution in [2.75, 3.05) is 10.6 Å². The lowest BCUT2D eigenvalue weighted by Gasteiger charge is -2.10. The third kappa shape index (κ3) is 5.99. The van der Waals surface area contributed by atoms with Gasteiger partial charge >= 0.3 is 12.1 Å². The van der Waals surface area contributed by atoms with Crippen LogP contribution in [0.3, 0.4) is 0 Å². The Morgan fingerprint density at radius 1 is 0.889 bits per heavy atom. The normalized spacial score (nSPS) is 11.2. The summed E-state index contributed by atoms with van der Waals surface area (Å²) in [4.78, 5) is 34.2. The van der Waals surface area contributed by atoms with E-state index in [4.69, 9.17) is 5.11 Å². The Hall–Kier alpha value is -3.62. The van der Waals surface area contributed by atoms with Crippen LogP contribution in [-0.4, -0.2) is 22.9 Å². The quantitative estimate of drug-likeness (QED) is 0.694. The van der Waals surface area contributed by atoms with Crippen LogP contribution < -0.4 is 10.6 Å². The fourth-order valence-corrected chi connectivity index (χ4v) is 2.05. The van der Waals surface area contributed by atoms with Crippen LogP contribution in [0.25, 0.3) is 0 Å². The first-order chi connectivity index (χ1) is 12.6. The highest BCUT2D eigenvalue weighted by atomic mass is 19.4. The molecule has 2 rings (SSSR count). The largest absolute Gasteiger partial charge is 0.478 e. The van der Waals surface area contributed by atoms with E-state index in [9.17, 15) is 27.6 Å². The summed E-state index contributed by atoms with van der Waals surface area (Å²) in [6, 6.07) is 9.81. The molecular weight excluding hydrogens is 365 g/mol. The van der Waals surface area contributed by atoms with E-state index >= 15 is 0 Å². The summed E-state index contributed by atoms with van der Waals surface area (Å²) >= 11 is 0. The van der Waals surface area contributed by atoms with Crippen molar-refractivity contribution in [3.63, 3.8) is 0 Å². The lowest BCUT2D eigenvalue weighted by atomic mass is 10.1. The maximum atomic E-state index is 12.7. The van der Waals surface area contributed by atoms with Gasteiger partial charge in [-0.15, -0.1) is 0 Å². The smallest absolute Gasteiger partial charge is 0.416 e. The maximum Gasteiger partial charge on any atom is 0.416 e. The summed E-state index contributed by atoms with van der Waals surface area (Å²) in [5, 5.41) is 13.2. The van der Waals surface area contributed by atoms with Crippen molar-refractivity contribution in [3.8, 4) is 0 Å². The Bertz CT molecular complexity index is 907. The number of carboxylic acid groups (broad SMARTS) is 1. The zero-order valence-electron chi connectivity index (χ0n) is 13.6. The van der Waals surface area contributed by atoms with E-state index in [1.54, 1.807) is 0 Å². The van der Waals surface area contributed by atoms with Gasteiger partial charge in [-0.25, -0.2) is 4.79 Å². The lowest BCUT2D eigenvalue weighted by Crippen LogP contribution is -2.14. The summed E-state index contributed by atoms with van der Waals surface area (Å²) in [5.74, 6) is -2.68. The predicted molar refractivity (Wildman–Crippen MR) is 91.2 cm³/mol. The highest BCUT2D eigenvalue weighted by Gasteiger charge is 2.30. The molecule has 0 aromatic heterocycles. The van der Waals surface area contributed by atoms with Crippen molar-refractivity contribution < 1.29 is 32.7 Å². The van der Waals surface area contributed by atoms with Gasteiger partial charge in [0.15, 0.2) is 0 Å². The van der Waals surface area contributed by atoms with Gasteiger partial charge in [0.25, 0.3) is 5.91 Å². The van der Waals surface area contributed by atoms with Crippen LogP contribution in [0.5, 0.6) is 0 Å². The van der Waals surface area contributed by atoms with E-state index in [1.165, 1.54) is 36.4 Å². The number of amides is 2. The molecule has 6 nitrogen and oxygen atoms in total. The van der Waals surface area contributed by atoms with Crippen molar-refractivity contribution >= 4 is 29.2 Å². The summed E-state index contributed by atoms with van der Waals surface area (Å²) < 4.78 is 38.2. The molecule has 0 saturated heterocycles. The molecule has 0 unspecified atom stereocenters. The van der Waals surface area contributed by atoms with Crippen molar-refractivity contribution in [2.45, 2.75) is 6.18 Å². The second-order valence-corrected chi connectivity index (χ2v) is 5.27. The summed E-state index contributed by atoms with van der Waals surface area (Å²) in [6.07, 6.45) is -3.08. The van der Waals surface area contributed by atoms with E-state index in [0.717, 1.165) is 18.2 Å². The predicted octanol–water partition coefficient (Wildman–Crippen LogP) is 3.54. The number of carboxylic acids is 1. The minimum absolute atomic E-state index is 0.0337. The fraction of sp³-hybridized carbons (Fsp3) is 0.0556. The van der Waals surface area contributed by atoms with Crippen LogP contribution in [0, 0.1) is 0 Å². The molecule has 9 heteroatoms.